The molecule has 0 unspecified atom stereocenters. The number of rotatable bonds is 0. The zero-order valence-corrected chi connectivity index (χ0v) is 8.70. The minimum atomic E-state index is 1.17. The molecular formula is C10H10BrN. The van der Waals surface area contributed by atoms with Crippen LogP contribution in [0.15, 0.2) is 22.7 Å². The van der Waals surface area contributed by atoms with Crippen molar-refractivity contribution in [3.05, 3.63) is 33.9 Å². The molecule has 2 rings (SSSR count). The van der Waals surface area contributed by atoms with Crippen LogP contribution in [0.3, 0.4) is 0 Å². The summed E-state index contributed by atoms with van der Waals surface area (Å²) in [6.07, 6.45) is 0. The van der Waals surface area contributed by atoms with Crippen molar-refractivity contribution in [1.29, 1.82) is 0 Å². The minimum absolute atomic E-state index is 1.17. The van der Waals surface area contributed by atoms with Gasteiger partial charge in [0.15, 0.2) is 0 Å². The van der Waals surface area contributed by atoms with Crippen LogP contribution in [0.5, 0.6) is 0 Å². The van der Waals surface area contributed by atoms with Crippen LogP contribution in [0.1, 0.15) is 11.3 Å². The number of aromatic nitrogens is 1. The van der Waals surface area contributed by atoms with Gasteiger partial charge in [0.1, 0.15) is 0 Å². The lowest BCUT2D eigenvalue weighted by Gasteiger charge is -1.97. The van der Waals surface area contributed by atoms with Crippen molar-refractivity contribution in [1.82, 2.24) is 4.98 Å². The molecule has 0 aliphatic rings. The van der Waals surface area contributed by atoms with Crippen molar-refractivity contribution in [2.75, 3.05) is 0 Å². The summed E-state index contributed by atoms with van der Waals surface area (Å²) in [5, 5.41) is 1.27. The molecule has 0 spiro atoms. The molecule has 0 amide bonds. The summed E-state index contributed by atoms with van der Waals surface area (Å²) >= 11 is 3.56. The van der Waals surface area contributed by atoms with Crippen molar-refractivity contribution < 1.29 is 0 Å². The Balaban J connectivity index is 2.89. The third-order valence-corrected chi connectivity index (χ3v) is 3.08. The number of hydrogen-bond acceptors (Lipinski definition) is 0. The van der Waals surface area contributed by atoms with Gasteiger partial charge in [-0.3, -0.25) is 0 Å². The molecule has 0 bridgehead atoms. The van der Waals surface area contributed by atoms with Crippen LogP contribution in [0, 0.1) is 13.8 Å². The summed E-state index contributed by atoms with van der Waals surface area (Å²) in [7, 11) is 0. The zero-order chi connectivity index (χ0) is 8.72. The molecule has 2 aromatic rings. The van der Waals surface area contributed by atoms with Crippen LogP contribution >= 0.6 is 15.9 Å². The number of nitrogens with one attached hydrogen (secondary N) is 1. The van der Waals surface area contributed by atoms with Gasteiger partial charge in [0, 0.05) is 15.6 Å². The molecule has 0 saturated carbocycles. The molecule has 0 saturated heterocycles. The lowest BCUT2D eigenvalue weighted by Crippen LogP contribution is -1.76. The molecule has 1 nitrogen and oxygen atoms in total. The first-order valence-corrected chi connectivity index (χ1v) is 4.72. The Hall–Kier alpha value is -0.760. The molecule has 2 heteroatoms. The first-order chi connectivity index (χ1) is 5.68. The van der Waals surface area contributed by atoms with Crippen LogP contribution in [0.2, 0.25) is 0 Å². The number of hydrogen-bond donors (Lipinski definition) is 1. The molecule has 0 fully saturated rings. The number of H-pyrrole nitrogens is 1. The van der Waals surface area contributed by atoms with E-state index in [2.05, 4.69) is 53.0 Å². The highest BCUT2D eigenvalue weighted by molar-refractivity contribution is 9.10. The second kappa shape index (κ2) is 2.63. The predicted octanol–water partition coefficient (Wildman–Crippen LogP) is 3.55. The molecule has 0 aliphatic heterocycles. The molecule has 62 valence electrons. The summed E-state index contributed by atoms with van der Waals surface area (Å²) in [6.45, 7) is 4.17. The van der Waals surface area contributed by atoms with E-state index >= 15 is 0 Å². The fourth-order valence-electron chi connectivity index (χ4n) is 1.41. The monoisotopic (exact) mass is 223 g/mol. The number of halogens is 1. The summed E-state index contributed by atoms with van der Waals surface area (Å²) in [5.74, 6) is 0. The van der Waals surface area contributed by atoms with E-state index in [1.807, 2.05) is 0 Å². The average molecular weight is 224 g/mol. The maximum absolute atomic E-state index is 3.56. The van der Waals surface area contributed by atoms with Crippen LogP contribution in [0.25, 0.3) is 10.9 Å². The Morgan fingerprint density at radius 2 is 2.00 bits per heavy atom. The van der Waals surface area contributed by atoms with Gasteiger partial charge in [0.05, 0.1) is 5.52 Å². The molecule has 1 N–H and O–H groups in total. The summed E-state index contributed by atoms with van der Waals surface area (Å²) in [5.41, 5.74) is 3.67. The van der Waals surface area contributed by atoms with Gasteiger partial charge in [0.2, 0.25) is 0 Å². The SMILES string of the molecule is Cc1cc2ccc(C)c(Br)c2[nH]1. The van der Waals surface area contributed by atoms with Gasteiger partial charge in [-0.05, 0) is 41.4 Å². The second-order valence-electron chi connectivity index (χ2n) is 3.11. The van der Waals surface area contributed by atoms with Crippen molar-refractivity contribution >= 4 is 26.8 Å². The van der Waals surface area contributed by atoms with E-state index in [-0.39, 0.29) is 0 Å². The largest absolute Gasteiger partial charge is 0.358 e. The third-order valence-electron chi connectivity index (χ3n) is 2.06. The van der Waals surface area contributed by atoms with Crippen molar-refractivity contribution in [2.24, 2.45) is 0 Å². The van der Waals surface area contributed by atoms with E-state index in [0.717, 1.165) is 0 Å². The predicted molar refractivity (Wildman–Crippen MR) is 55.5 cm³/mol. The fraction of sp³-hybridized carbons (Fsp3) is 0.200. The average Bonchev–Trinajstić information content (AvgIpc) is 2.39. The quantitative estimate of drug-likeness (QED) is 0.704. The molecule has 1 aromatic heterocycles. The number of aryl methyl sites for hydroxylation is 2. The van der Waals surface area contributed by atoms with Crippen LogP contribution < -0.4 is 0 Å². The highest BCUT2D eigenvalue weighted by Gasteiger charge is 2.03. The van der Waals surface area contributed by atoms with E-state index in [0.29, 0.717) is 0 Å². The number of aromatic amines is 1. The van der Waals surface area contributed by atoms with Gasteiger partial charge in [-0.25, -0.2) is 0 Å². The second-order valence-corrected chi connectivity index (χ2v) is 3.91. The fourth-order valence-corrected chi connectivity index (χ4v) is 1.87. The molecule has 0 radical (unpaired) electrons. The first kappa shape index (κ1) is 7.87. The highest BCUT2D eigenvalue weighted by atomic mass is 79.9. The van der Waals surface area contributed by atoms with Gasteiger partial charge in [-0.15, -0.1) is 0 Å². The molecule has 0 aliphatic carbocycles. The smallest absolute Gasteiger partial charge is 0.0603 e. The van der Waals surface area contributed by atoms with Crippen LogP contribution in [-0.2, 0) is 0 Å². The number of benzene rings is 1. The van der Waals surface area contributed by atoms with Crippen molar-refractivity contribution in [2.45, 2.75) is 13.8 Å². The summed E-state index contributed by atoms with van der Waals surface area (Å²) in [6, 6.07) is 6.41. The Labute approximate surface area is 79.9 Å². The maximum atomic E-state index is 3.56. The molecule has 12 heavy (non-hydrogen) atoms. The van der Waals surface area contributed by atoms with E-state index in [1.54, 1.807) is 0 Å². The van der Waals surface area contributed by atoms with Gasteiger partial charge < -0.3 is 4.98 Å². The highest BCUT2D eigenvalue weighted by Crippen LogP contribution is 2.26. The normalized spacial score (nSPS) is 10.9. The van der Waals surface area contributed by atoms with Crippen molar-refractivity contribution in [3.63, 3.8) is 0 Å². The lowest BCUT2D eigenvalue weighted by molar-refractivity contribution is 1.29. The van der Waals surface area contributed by atoms with Crippen LogP contribution in [-0.4, -0.2) is 4.98 Å². The Morgan fingerprint density at radius 3 is 2.75 bits per heavy atom. The van der Waals surface area contributed by atoms with Gasteiger partial charge in [-0.1, -0.05) is 12.1 Å². The topological polar surface area (TPSA) is 15.8 Å². The van der Waals surface area contributed by atoms with Crippen molar-refractivity contribution in [3.8, 4) is 0 Å². The molecule has 0 atom stereocenters. The summed E-state index contributed by atoms with van der Waals surface area (Å²) in [4.78, 5) is 3.32. The number of fused-ring (bicyclic) bond motifs is 1. The minimum Gasteiger partial charge on any atom is -0.358 e. The standard InChI is InChI=1S/C10H10BrN/c1-6-3-4-8-5-7(2)12-10(8)9(6)11/h3-5,12H,1-2H3. The van der Waals surface area contributed by atoms with E-state index in [9.17, 15) is 0 Å². The molecular weight excluding hydrogens is 214 g/mol. The molecule has 1 aromatic carbocycles. The van der Waals surface area contributed by atoms with E-state index < -0.39 is 0 Å². The van der Waals surface area contributed by atoms with E-state index in [4.69, 9.17) is 0 Å². The van der Waals surface area contributed by atoms with Gasteiger partial charge in [0.25, 0.3) is 0 Å². The van der Waals surface area contributed by atoms with Crippen LogP contribution in [0.4, 0.5) is 0 Å². The maximum Gasteiger partial charge on any atom is 0.0603 e. The van der Waals surface area contributed by atoms with Gasteiger partial charge >= 0.3 is 0 Å². The lowest BCUT2D eigenvalue weighted by atomic mass is 10.2. The Kier molecular flexibility index (Phi) is 1.72. The molecule has 1 heterocycles. The van der Waals surface area contributed by atoms with E-state index in [1.165, 1.54) is 26.6 Å². The third kappa shape index (κ3) is 1.07. The summed E-state index contributed by atoms with van der Waals surface area (Å²) < 4.78 is 1.17. The first-order valence-electron chi connectivity index (χ1n) is 3.93. The Bertz CT molecular complexity index is 429. The zero-order valence-electron chi connectivity index (χ0n) is 7.11. The Morgan fingerprint density at radius 1 is 1.25 bits per heavy atom. The van der Waals surface area contributed by atoms with Gasteiger partial charge in [-0.2, -0.15) is 0 Å².